The van der Waals surface area contributed by atoms with Gasteiger partial charge in [-0.15, -0.1) is 0 Å². The fourth-order valence-corrected chi connectivity index (χ4v) is 1.93. The fourth-order valence-electron chi connectivity index (χ4n) is 1.79. The first-order valence-corrected chi connectivity index (χ1v) is 6.46. The number of aromatic nitrogens is 2. The molecule has 1 aliphatic rings. The van der Waals surface area contributed by atoms with Gasteiger partial charge in [-0.3, -0.25) is 9.78 Å². The Bertz CT molecular complexity index is 494. The number of hydrogen-bond acceptors (Lipinski definition) is 4. The molecule has 0 aromatic carbocycles. The summed E-state index contributed by atoms with van der Waals surface area (Å²) < 4.78 is 5.49. The van der Waals surface area contributed by atoms with Gasteiger partial charge < -0.3 is 9.64 Å². The maximum atomic E-state index is 11.7. The van der Waals surface area contributed by atoms with Crippen molar-refractivity contribution >= 4 is 17.5 Å². The molecule has 102 valence electrons. The molecule has 5 nitrogen and oxygen atoms in total. The molecule has 0 radical (unpaired) electrons. The summed E-state index contributed by atoms with van der Waals surface area (Å²) in [5.41, 5.74) is 1.01. The van der Waals surface area contributed by atoms with Gasteiger partial charge in [0.25, 0.3) is 0 Å². The second-order valence-electron chi connectivity index (χ2n) is 4.82. The van der Waals surface area contributed by atoms with Gasteiger partial charge in [0.05, 0.1) is 19.0 Å². The Morgan fingerprint density at radius 1 is 1.53 bits per heavy atom. The van der Waals surface area contributed by atoms with Crippen molar-refractivity contribution in [3.05, 3.63) is 29.2 Å². The van der Waals surface area contributed by atoms with Crippen LogP contribution in [0.5, 0.6) is 5.88 Å². The summed E-state index contributed by atoms with van der Waals surface area (Å²) in [7, 11) is 0. The molecule has 1 saturated heterocycles. The molecule has 0 aliphatic carbocycles. The molecule has 1 amide bonds. The molecule has 1 aromatic rings. The number of nitrogens with zero attached hydrogens (tertiary/aromatic N) is 3. The lowest BCUT2D eigenvalue weighted by Crippen LogP contribution is -2.51. The van der Waals surface area contributed by atoms with E-state index in [4.69, 9.17) is 16.3 Å². The van der Waals surface area contributed by atoms with E-state index in [0.717, 1.165) is 18.7 Å². The molecule has 1 aliphatic heterocycles. The Kier molecular flexibility index (Phi) is 4.37. The van der Waals surface area contributed by atoms with Gasteiger partial charge in [-0.2, -0.15) is 4.98 Å². The van der Waals surface area contributed by atoms with Gasteiger partial charge in [-0.25, -0.2) is 0 Å². The van der Waals surface area contributed by atoms with E-state index in [1.807, 2.05) is 13.8 Å². The van der Waals surface area contributed by atoms with Crippen LogP contribution in [0.2, 0.25) is 5.15 Å². The van der Waals surface area contributed by atoms with E-state index in [1.54, 1.807) is 11.0 Å². The van der Waals surface area contributed by atoms with E-state index in [2.05, 4.69) is 9.97 Å². The molecule has 1 fully saturated rings. The van der Waals surface area contributed by atoms with Crippen molar-refractivity contribution in [2.24, 2.45) is 5.92 Å². The molecule has 0 N–H and O–H groups in total. The van der Waals surface area contributed by atoms with Crippen LogP contribution in [0.15, 0.2) is 24.0 Å². The lowest BCUT2D eigenvalue weighted by molar-refractivity contribution is -0.132. The molecular formula is C13H16ClN3O2. The predicted octanol–water partition coefficient (Wildman–Crippen LogP) is 1.93. The summed E-state index contributed by atoms with van der Waals surface area (Å²) in [5, 5.41) is 0.312. The second kappa shape index (κ2) is 6.02. The molecule has 0 spiro atoms. The van der Waals surface area contributed by atoms with E-state index in [0.29, 0.717) is 23.6 Å². The minimum absolute atomic E-state index is 0.0683. The molecule has 2 rings (SSSR count). The van der Waals surface area contributed by atoms with Crippen LogP contribution in [0.1, 0.15) is 13.8 Å². The Morgan fingerprint density at radius 3 is 2.89 bits per heavy atom. The minimum Gasteiger partial charge on any atom is -0.476 e. The number of allylic oxidation sites excluding steroid dienone is 1. The highest BCUT2D eigenvalue weighted by Gasteiger charge is 2.30. The largest absolute Gasteiger partial charge is 0.476 e. The maximum Gasteiger partial charge on any atom is 0.246 e. The van der Waals surface area contributed by atoms with Crippen molar-refractivity contribution in [1.82, 2.24) is 14.9 Å². The van der Waals surface area contributed by atoms with Crippen LogP contribution in [0.4, 0.5) is 0 Å². The number of carbonyl (C=O) groups is 1. The zero-order valence-corrected chi connectivity index (χ0v) is 11.7. The second-order valence-corrected chi connectivity index (χ2v) is 5.21. The van der Waals surface area contributed by atoms with Gasteiger partial charge in [0.1, 0.15) is 0 Å². The molecule has 0 bridgehead atoms. The summed E-state index contributed by atoms with van der Waals surface area (Å²) >= 11 is 5.71. The number of halogens is 1. The van der Waals surface area contributed by atoms with Crippen LogP contribution in [0, 0.1) is 5.92 Å². The third-order valence-corrected chi connectivity index (χ3v) is 2.91. The van der Waals surface area contributed by atoms with E-state index >= 15 is 0 Å². The maximum absolute atomic E-state index is 11.7. The molecule has 2 heterocycles. The van der Waals surface area contributed by atoms with Gasteiger partial charge >= 0.3 is 0 Å². The lowest BCUT2D eigenvalue weighted by Gasteiger charge is -2.38. The number of hydrogen-bond donors (Lipinski definition) is 0. The molecule has 19 heavy (non-hydrogen) atoms. The van der Waals surface area contributed by atoms with Gasteiger partial charge in [0, 0.05) is 25.1 Å². The van der Waals surface area contributed by atoms with Crippen molar-refractivity contribution in [3.8, 4) is 5.88 Å². The summed E-state index contributed by atoms with van der Waals surface area (Å²) in [5.74, 6) is 0.829. The number of ether oxygens (including phenoxy) is 1. The average molecular weight is 282 g/mol. The highest BCUT2D eigenvalue weighted by molar-refractivity contribution is 6.29. The van der Waals surface area contributed by atoms with Gasteiger partial charge in [0.15, 0.2) is 5.15 Å². The van der Waals surface area contributed by atoms with Crippen molar-refractivity contribution in [2.75, 3.05) is 19.7 Å². The molecule has 1 aromatic heterocycles. The van der Waals surface area contributed by atoms with Crippen molar-refractivity contribution in [1.29, 1.82) is 0 Å². The minimum atomic E-state index is 0.0683. The normalized spacial score (nSPS) is 14.8. The van der Waals surface area contributed by atoms with E-state index in [1.165, 1.54) is 12.4 Å². The summed E-state index contributed by atoms with van der Waals surface area (Å²) in [6, 6.07) is 0. The highest BCUT2D eigenvalue weighted by atomic mass is 35.5. The monoisotopic (exact) mass is 281 g/mol. The van der Waals surface area contributed by atoms with Crippen LogP contribution in [-0.4, -0.2) is 40.5 Å². The van der Waals surface area contributed by atoms with Crippen LogP contribution >= 0.6 is 11.6 Å². The Morgan fingerprint density at radius 2 is 2.26 bits per heavy atom. The zero-order chi connectivity index (χ0) is 13.8. The number of amides is 1. The Labute approximate surface area is 117 Å². The Hall–Kier alpha value is -1.62. The summed E-state index contributed by atoms with van der Waals surface area (Å²) in [6.45, 7) is 5.78. The van der Waals surface area contributed by atoms with E-state index in [-0.39, 0.29) is 5.91 Å². The molecule has 0 atom stereocenters. The van der Waals surface area contributed by atoms with Crippen LogP contribution < -0.4 is 4.74 Å². The van der Waals surface area contributed by atoms with Crippen LogP contribution in [0.3, 0.4) is 0 Å². The van der Waals surface area contributed by atoms with Crippen LogP contribution in [-0.2, 0) is 4.79 Å². The van der Waals surface area contributed by atoms with Crippen molar-refractivity contribution < 1.29 is 9.53 Å². The van der Waals surface area contributed by atoms with Gasteiger partial charge in [0.2, 0.25) is 11.8 Å². The molecular weight excluding hydrogens is 266 g/mol. The fraction of sp³-hybridized carbons (Fsp3) is 0.462. The highest BCUT2D eigenvalue weighted by Crippen LogP contribution is 2.18. The topological polar surface area (TPSA) is 55.3 Å². The lowest BCUT2D eigenvalue weighted by atomic mass is 10.0. The third-order valence-electron chi connectivity index (χ3n) is 2.73. The van der Waals surface area contributed by atoms with Crippen molar-refractivity contribution in [3.63, 3.8) is 0 Å². The molecule has 0 saturated carbocycles. The molecule has 6 heteroatoms. The summed E-state index contributed by atoms with van der Waals surface area (Å²) in [4.78, 5) is 21.3. The smallest absolute Gasteiger partial charge is 0.246 e. The molecule has 0 unspecified atom stereocenters. The van der Waals surface area contributed by atoms with Gasteiger partial charge in [-0.05, 0) is 13.8 Å². The first-order valence-electron chi connectivity index (χ1n) is 6.09. The Balaban J connectivity index is 1.74. The average Bonchev–Trinajstić information content (AvgIpc) is 2.25. The van der Waals surface area contributed by atoms with Gasteiger partial charge in [-0.1, -0.05) is 17.2 Å². The first kappa shape index (κ1) is 13.8. The van der Waals surface area contributed by atoms with Crippen molar-refractivity contribution in [2.45, 2.75) is 13.8 Å². The zero-order valence-electron chi connectivity index (χ0n) is 11.0. The first-order chi connectivity index (χ1) is 9.04. The standard InChI is InChI=1S/C13H16ClN3O2/c1-9(2)3-13(18)17-6-10(7-17)8-19-12-5-15-4-11(14)16-12/h3-5,10H,6-8H2,1-2H3. The van der Waals surface area contributed by atoms with Crippen LogP contribution in [0.25, 0.3) is 0 Å². The number of carbonyl (C=O) groups excluding carboxylic acids is 1. The predicted molar refractivity (Wildman–Crippen MR) is 72.0 cm³/mol. The van der Waals surface area contributed by atoms with E-state index < -0.39 is 0 Å². The SMILES string of the molecule is CC(C)=CC(=O)N1CC(COc2cncc(Cl)n2)C1. The quantitative estimate of drug-likeness (QED) is 0.792. The number of rotatable bonds is 4. The van der Waals surface area contributed by atoms with E-state index in [9.17, 15) is 4.79 Å². The third kappa shape index (κ3) is 3.92. The summed E-state index contributed by atoms with van der Waals surface area (Å²) in [6.07, 6.45) is 4.63. The number of likely N-dealkylation sites (tertiary alicyclic amines) is 1.